The normalized spacial score (nSPS) is 24.5. The van der Waals surface area contributed by atoms with Crippen molar-refractivity contribution >= 4 is 21.5 Å². The average Bonchev–Trinajstić information content (AvgIpc) is 2.87. The number of hydrogen-bond donors (Lipinski definition) is 0. The molecule has 0 N–H and O–H groups in total. The molecule has 3 heterocycles. The highest BCUT2D eigenvalue weighted by Gasteiger charge is 2.31. The number of sulfone groups is 1. The zero-order valence-corrected chi connectivity index (χ0v) is 13.8. The van der Waals surface area contributed by atoms with Gasteiger partial charge in [0.15, 0.2) is 9.84 Å². The summed E-state index contributed by atoms with van der Waals surface area (Å²) in [7, 11) is -0.988. The molecule has 122 valence electrons. The van der Waals surface area contributed by atoms with Crippen LogP contribution in [0.4, 0.5) is 11.6 Å². The molecule has 0 bridgehead atoms. The summed E-state index contributed by atoms with van der Waals surface area (Å²) in [5, 5.41) is 0. The molecule has 2 aliphatic rings. The fourth-order valence-corrected chi connectivity index (χ4v) is 4.71. The van der Waals surface area contributed by atoms with Crippen LogP contribution in [0.2, 0.25) is 0 Å². The van der Waals surface area contributed by atoms with Gasteiger partial charge in [0.25, 0.3) is 0 Å². The van der Waals surface area contributed by atoms with Crippen molar-refractivity contribution in [1.82, 2.24) is 9.97 Å². The van der Waals surface area contributed by atoms with E-state index >= 15 is 0 Å². The third kappa shape index (κ3) is 3.33. The number of aromatic nitrogens is 2. The molecule has 22 heavy (non-hydrogen) atoms. The number of ether oxygens (including phenoxy) is 1. The lowest BCUT2D eigenvalue weighted by atomic mass is 10.2. The molecule has 2 saturated heterocycles. The van der Waals surface area contributed by atoms with Gasteiger partial charge in [0, 0.05) is 32.2 Å². The summed E-state index contributed by atoms with van der Waals surface area (Å²) in [6, 6.07) is 1.94. The van der Waals surface area contributed by atoms with Gasteiger partial charge in [0.05, 0.1) is 24.7 Å². The summed E-state index contributed by atoms with van der Waals surface area (Å²) in [4.78, 5) is 13.1. The van der Waals surface area contributed by atoms with Gasteiger partial charge in [-0.15, -0.1) is 0 Å². The van der Waals surface area contributed by atoms with Gasteiger partial charge in [0.1, 0.15) is 17.5 Å². The van der Waals surface area contributed by atoms with Crippen molar-refractivity contribution < 1.29 is 13.2 Å². The van der Waals surface area contributed by atoms with E-state index in [0.717, 1.165) is 24.7 Å². The summed E-state index contributed by atoms with van der Waals surface area (Å²) >= 11 is 0. The average molecular weight is 326 g/mol. The van der Waals surface area contributed by atoms with Crippen LogP contribution in [0.3, 0.4) is 0 Å². The molecule has 1 aromatic rings. The first kappa shape index (κ1) is 15.5. The first-order valence-corrected chi connectivity index (χ1v) is 9.38. The fraction of sp³-hybridized carbons (Fsp3) is 0.714. The monoisotopic (exact) mass is 326 g/mol. The fourth-order valence-electron chi connectivity index (χ4n) is 2.94. The maximum absolute atomic E-state index is 11.7. The second kappa shape index (κ2) is 6.00. The minimum atomic E-state index is -2.90. The van der Waals surface area contributed by atoms with Crippen molar-refractivity contribution in [2.45, 2.75) is 19.4 Å². The minimum absolute atomic E-state index is 0.00293. The molecule has 2 fully saturated rings. The van der Waals surface area contributed by atoms with Gasteiger partial charge in [-0.1, -0.05) is 0 Å². The molecule has 0 spiro atoms. The Labute approximate surface area is 131 Å². The second-order valence-corrected chi connectivity index (χ2v) is 8.13. The zero-order valence-electron chi connectivity index (χ0n) is 13.0. The first-order chi connectivity index (χ1) is 10.4. The molecule has 8 heteroatoms. The van der Waals surface area contributed by atoms with Gasteiger partial charge in [-0.3, -0.25) is 0 Å². The number of nitrogens with zero attached hydrogens (tertiary/aromatic N) is 4. The van der Waals surface area contributed by atoms with Gasteiger partial charge < -0.3 is 14.5 Å². The van der Waals surface area contributed by atoms with Crippen LogP contribution in [0, 0.1) is 6.92 Å². The number of hydrogen-bond acceptors (Lipinski definition) is 7. The molecule has 1 atom stereocenters. The minimum Gasteiger partial charge on any atom is -0.378 e. The molecule has 0 saturated carbocycles. The Balaban J connectivity index is 1.82. The Morgan fingerprint density at radius 1 is 1.32 bits per heavy atom. The van der Waals surface area contributed by atoms with Crippen molar-refractivity contribution in [1.29, 1.82) is 0 Å². The molecule has 7 nitrogen and oxygen atoms in total. The Hall–Kier alpha value is -1.41. The molecule has 0 radical (unpaired) electrons. The molecule has 3 rings (SSSR count). The van der Waals surface area contributed by atoms with E-state index < -0.39 is 9.84 Å². The van der Waals surface area contributed by atoms with Gasteiger partial charge >= 0.3 is 0 Å². The molecule has 0 aliphatic carbocycles. The summed E-state index contributed by atoms with van der Waals surface area (Å²) in [6.07, 6.45) is 0.661. The van der Waals surface area contributed by atoms with E-state index in [4.69, 9.17) is 4.74 Å². The van der Waals surface area contributed by atoms with Crippen LogP contribution in [0.25, 0.3) is 0 Å². The highest BCUT2D eigenvalue weighted by Crippen LogP contribution is 2.24. The first-order valence-electron chi connectivity index (χ1n) is 7.56. The number of aryl methyl sites for hydroxylation is 1. The number of rotatable bonds is 3. The van der Waals surface area contributed by atoms with Crippen LogP contribution in [0.15, 0.2) is 6.07 Å². The molecule has 0 amide bonds. The van der Waals surface area contributed by atoms with Crippen LogP contribution < -0.4 is 9.80 Å². The van der Waals surface area contributed by atoms with E-state index in [0.29, 0.717) is 25.5 Å². The highest BCUT2D eigenvalue weighted by molar-refractivity contribution is 7.91. The standard InChI is InChI=1S/C14H22N4O3S/c1-11-15-13(17(2)12-3-8-22(19,20)10-12)9-14(16-11)18-4-6-21-7-5-18/h9,12H,3-8,10H2,1-2H3. The van der Waals surface area contributed by atoms with Crippen LogP contribution >= 0.6 is 0 Å². The van der Waals surface area contributed by atoms with E-state index in [2.05, 4.69) is 14.9 Å². The second-order valence-electron chi connectivity index (χ2n) is 5.90. The summed E-state index contributed by atoms with van der Waals surface area (Å²) in [6.45, 7) is 4.91. The van der Waals surface area contributed by atoms with Gasteiger partial charge in [-0.05, 0) is 13.3 Å². The van der Waals surface area contributed by atoms with Crippen LogP contribution in [0.5, 0.6) is 0 Å². The van der Waals surface area contributed by atoms with E-state index in [9.17, 15) is 8.42 Å². The Morgan fingerprint density at radius 3 is 2.68 bits per heavy atom. The summed E-state index contributed by atoms with van der Waals surface area (Å²) < 4.78 is 28.7. The lowest BCUT2D eigenvalue weighted by Crippen LogP contribution is -2.37. The molecule has 1 unspecified atom stereocenters. The maximum Gasteiger partial charge on any atom is 0.152 e. The molecular formula is C14H22N4O3S. The van der Waals surface area contributed by atoms with Crippen molar-refractivity contribution in [2.24, 2.45) is 0 Å². The van der Waals surface area contributed by atoms with Gasteiger partial charge in [-0.25, -0.2) is 18.4 Å². The third-order valence-electron chi connectivity index (χ3n) is 4.26. The lowest BCUT2D eigenvalue weighted by Gasteiger charge is -2.30. The third-order valence-corrected chi connectivity index (χ3v) is 6.01. The molecule has 1 aromatic heterocycles. The number of anilines is 2. The topological polar surface area (TPSA) is 75.6 Å². The zero-order chi connectivity index (χ0) is 15.7. The van der Waals surface area contributed by atoms with Crippen molar-refractivity contribution in [2.75, 3.05) is 54.7 Å². The Morgan fingerprint density at radius 2 is 2.05 bits per heavy atom. The van der Waals surface area contributed by atoms with E-state index in [1.807, 2.05) is 24.9 Å². The van der Waals surface area contributed by atoms with Crippen molar-refractivity contribution in [3.05, 3.63) is 11.9 Å². The predicted molar refractivity (Wildman–Crippen MR) is 85.3 cm³/mol. The Bertz CT molecular complexity index is 643. The SMILES string of the molecule is Cc1nc(N2CCOCC2)cc(N(C)C2CCS(=O)(=O)C2)n1. The smallest absolute Gasteiger partial charge is 0.152 e. The maximum atomic E-state index is 11.7. The molecular weight excluding hydrogens is 304 g/mol. The summed E-state index contributed by atoms with van der Waals surface area (Å²) in [5.41, 5.74) is 0. The van der Waals surface area contributed by atoms with Crippen LogP contribution in [-0.2, 0) is 14.6 Å². The van der Waals surface area contributed by atoms with Crippen LogP contribution in [0.1, 0.15) is 12.2 Å². The Kier molecular flexibility index (Phi) is 4.22. The van der Waals surface area contributed by atoms with Crippen molar-refractivity contribution in [3.63, 3.8) is 0 Å². The quantitative estimate of drug-likeness (QED) is 0.788. The van der Waals surface area contributed by atoms with E-state index in [1.165, 1.54) is 0 Å². The molecule has 2 aliphatic heterocycles. The van der Waals surface area contributed by atoms with Crippen molar-refractivity contribution in [3.8, 4) is 0 Å². The molecule has 0 aromatic carbocycles. The van der Waals surface area contributed by atoms with Crippen LogP contribution in [-0.4, -0.2) is 69.3 Å². The van der Waals surface area contributed by atoms with E-state index in [-0.39, 0.29) is 17.5 Å². The van der Waals surface area contributed by atoms with Gasteiger partial charge in [-0.2, -0.15) is 0 Å². The number of morpholine rings is 1. The summed E-state index contributed by atoms with van der Waals surface area (Å²) in [5.74, 6) is 2.85. The lowest BCUT2D eigenvalue weighted by molar-refractivity contribution is 0.122. The van der Waals surface area contributed by atoms with Gasteiger partial charge in [0.2, 0.25) is 0 Å². The predicted octanol–water partition coefficient (Wildman–Crippen LogP) is 0.245. The van der Waals surface area contributed by atoms with E-state index in [1.54, 1.807) is 0 Å². The highest BCUT2D eigenvalue weighted by atomic mass is 32.2. The largest absolute Gasteiger partial charge is 0.378 e.